The van der Waals surface area contributed by atoms with Gasteiger partial charge in [-0.15, -0.1) is 0 Å². The number of nitrogens with one attached hydrogen (secondary N) is 2. The van der Waals surface area contributed by atoms with Crippen molar-refractivity contribution in [2.45, 2.75) is 20.4 Å². The predicted molar refractivity (Wildman–Crippen MR) is 121 cm³/mol. The van der Waals surface area contributed by atoms with E-state index in [4.69, 9.17) is 4.98 Å². The molecule has 2 aromatic carbocycles. The van der Waals surface area contributed by atoms with Gasteiger partial charge in [-0.25, -0.2) is 9.97 Å². The summed E-state index contributed by atoms with van der Waals surface area (Å²) in [4.78, 5) is 9.23. The number of hydrogen-bond donors (Lipinski definition) is 2. The fourth-order valence-corrected chi connectivity index (χ4v) is 3.82. The Labute approximate surface area is 174 Å². The molecule has 3 heterocycles. The monoisotopic (exact) mass is 394 g/mol. The van der Waals surface area contributed by atoms with Crippen molar-refractivity contribution in [2.24, 2.45) is 0 Å². The van der Waals surface area contributed by atoms with Crippen LogP contribution in [0.3, 0.4) is 0 Å². The van der Waals surface area contributed by atoms with Crippen LogP contribution in [0.25, 0.3) is 33.4 Å². The molecular weight excluding hydrogens is 372 g/mol. The largest absolute Gasteiger partial charge is 0.345 e. The summed E-state index contributed by atoms with van der Waals surface area (Å²) in [7, 11) is 0. The molecule has 30 heavy (non-hydrogen) atoms. The van der Waals surface area contributed by atoms with Gasteiger partial charge in [0.1, 0.15) is 5.82 Å². The zero-order valence-corrected chi connectivity index (χ0v) is 16.9. The van der Waals surface area contributed by atoms with Gasteiger partial charge >= 0.3 is 0 Å². The zero-order chi connectivity index (χ0) is 20.5. The minimum atomic E-state index is 0.707. The maximum atomic E-state index is 4.73. The van der Waals surface area contributed by atoms with E-state index in [1.54, 1.807) is 6.20 Å². The van der Waals surface area contributed by atoms with Gasteiger partial charge in [-0.05, 0) is 55.1 Å². The molecule has 6 heteroatoms. The first kappa shape index (κ1) is 18.1. The lowest BCUT2D eigenvalue weighted by Crippen LogP contribution is -1.98. The number of benzene rings is 2. The number of rotatable bonds is 5. The molecule has 2 N–H and O–H groups in total. The van der Waals surface area contributed by atoms with Crippen LogP contribution in [0.5, 0.6) is 0 Å². The van der Waals surface area contributed by atoms with Gasteiger partial charge in [0, 0.05) is 47.0 Å². The average Bonchev–Trinajstić information content (AvgIpc) is 3.41. The molecule has 6 nitrogen and oxygen atoms in total. The van der Waals surface area contributed by atoms with Crippen LogP contribution < -0.4 is 5.32 Å². The molecule has 0 aliphatic carbocycles. The number of anilines is 2. The molecule has 0 atom stereocenters. The molecule has 148 valence electrons. The number of hydrogen-bond acceptors (Lipinski definition) is 4. The molecule has 0 unspecified atom stereocenters. The van der Waals surface area contributed by atoms with Crippen LogP contribution in [0.1, 0.15) is 12.6 Å². The molecule has 0 aliphatic rings. The van der Waals surface area contributed by atoms with Crippen molar-refractivity contribution in [3.05, 3.63) is 78.9 Å². The Morgan fingerprint density at radius 2 is 1.80 bits per heavy atom. The summed E-state index contributed by atoms with van der Waals surface area (Å²) < 4.78 is 2.31. The summed E-state index contributed by atoms with van der Waals surface area (Å²) in [5.41, 5.74) is 6.63. The highest BCUT2D eigenvalue weighted by Gasteiger charge is 2.09. The van der Waals surface area contributed by atoms with Crippen LogP contribution in [0.2, 0.25) is 0 Å². The number of nitrogens with zero attached hydrogens (tertiary/aromatic N) is 4. The van der Waals surface area contributed by atoms with Gasteiger partial charge in [0.05, 0.1) is 6.20 Å². The topological polar surface area (TPSA) is 71.4 Å². The van der Waals surface area contributed by atoms with Crippen LogP contribution in [0, 0.1) is 6.92 Å². The number of H-pyrrole nitrogens is 1. The number of aromatic nitrogens is 5. The molecule has 0 spiro atoms. The molecule has 5 rings (SSSR count). The smallest absolute Gasteiger partial charge is 0.161 e. The van der Waals surface area contributed by atoms with Crippen molar-refractivity contribution in [3.8, 4) is 22.5 Å². The molecule has 0 bridgehead atoms. The Balaban J connectivity index is 1.42. The molecule has 0 radical (unpaired) electrons. The van der Waals surface area contributed by atoms with Crippen LogP contribution in [0.4, 0.5) is 11.5 Å². The van der Waals surface area contributed by atoms with Gasteiger partial charge < -0.3 is 9.88 Å². The van der Waals surface area contributed by atoms with E-state index in [0.717, 1.165) is 34.7 Å². The van der Waals surface area contributed by atoms with Gasteiger partial charge in [0.2, 0.25) is 0 Å². The quantitative estimate of drug-likeness (QED) is 0.409. The van der Waals surface area contributed by atoms with E-state index >= 15 is 0 Å². The van der Waals surface area contributed by atoms with Crippen molar-refractivity contribution in [1.29, 1.82) is 0 Å². The third-order valence-corrected chi connectivity index (χ3v) is 5.33. The average molecular weight is 394 g/mol. The molecule has 0 amide bonds. The fourth-order valence-electron chi connectivity index (χ4n) is 3.82. The standard InChI is InChI=1S/C24H22N6/c1-3-30-16(2)12-18-4-5-19(13-22(18)30)24-25-11-10-23(29-24)28-21-8-6-17(7-9-21)20-14-26-27-15-20/h4-15H,3H2,1-2H3,(H,26,27)(H,25,28,29). The van der Waals surface area contributed by atoms with Crippen molar-refractivity contribution in [3.63, 3.8) is 0 Å². The lowest BCUT2D eigenvalue weighted by atomic mass is 10.1. The molecule has 0 aliphatic heterocycles. The van der Waals surface area contributed by atoms with E-state index in [9.17, 15) is 0 Å². The molecule has 0 saturated heterocycles. The third kappa shape index (κ3) is 3.33. The van der Waals surface area contributed by atoms with E-state index in [-0.39, 0.29) is 0 Å². The van der Waals surface area contributed by atoms with Gasteiger partial charge in [-0.1, -0.05) is 24.3 Å². The van der Waals surface area contributed by atoms with E-state index in [2.05, 4.69) is 75.3 Å². The van der Waals surface area contributed by atoms with Gasteiger partial charge in [-0.2, -0.15) is 5.10 Å². The summed E-state index contributed by atoms with van der Waals surface area (Å²) in [6.07, 6.45) is 5.48. The highest BCUT2D eigenvalue weighted by molar-refractivity contribution is 5.85. The first-order chi connectivity index (χ1) is 14.7. The predicted octanol–water partition coefficient (Wildman–Crippen LogP) is 5.56. The SMILES string of the molecule is CCn1c(C)cc2ccc(-c3nccc(Nc4ccc(-c5cn[nH]c5)cc4)n3)cc21. The van der Waals surface area contributed by atoms with Crippen molar-refractivity contribution >= 4 is 22.4 Å². The van der Waals surface area contributed by atoms with Crippen molar-refractivity contribution in [1.82, 2.24) is 24.7 Å². The van der Waals surface area contributed by atoms with Crippen LogP contribution >= 0.6 is 0 Å². The highest BCUT2D eigenvalue weighted by Crippen LogP contribution is 2.26. The van der Waals surface area contributed by atoms with Gasteiger partial charge in [0.25, 0.3) is 0 Å². The van der Waals surface area contributed by atoms with Crippen molar-refractivity contribution in [2.75, 3.05) is 5.32 Å². The molecule has 0 fully saturated rings. The number of fused-ring (bicyclic) bond motifs is 1. The maximum absolute atomic E-state index is 4.73. The zero-order valence-electron chi connectivity index (χ0n) is 16.9. The maximum Gasteiger partial charge on any atom is 0.161 e. The summed E-state index contributed by atoms with van der Waals surface area (Å²) in [6.45, 7) is 5.25. The molecule has 0 saturated carbocycles. The van der Waals surface area contributed by atoms with Crippen LogP contribution in [-0.2, 0) is 6.54 Å². The van der Waals surface area contributed by atoms with Crippen LogP contribution in [0.15, 0.2) is 73.2 Å². The van der Waals surface area contributed by atoms with Gasteiger partial charge in [0.15, 0.2) is 5.82 Å². The lowest BCUT2D eigenvalue weighted by molar-refractivity contribution is 0.770. The Morgan fingerprint density at radius 3 is 2.57 bits per heavy atom. The normalized spacial score (nSPS) is 11.1. The molecule has 5 aromatic rings. The Morgan fingerprint density at radius 1 is 0.967 bits per heavy atom. The summed E-state index contributed by atoms with van der Waals surface area (Å²) >= 11 is 0. The second-order valence-electron chi connectivity index (χ2n) is 7.26. The Bertz CT molecular complexity index is 1300. The van der Waals surface area contributed by atoms with Gasteiger partial charge in [-0.3, -0.25) is 5.10 Å². The van der Waals surface area contributed by atoms with E-state index in [1.165, 1.54) is 16.6 Å². The number of aromatic amines is 1. The molecule has 3 aromatic heterocycles. The summed E-state index contributed by atoms with van der Waals surface area (Å²) in [5.74, 6) is 1.47. The first-order valence-corrected chi connectivity index (χ1v) is 10.0. The fraction of sp³-hybridized carbons (Fsp3) is 0.125. The van der Waals surface area contributed by atoms with E-state index in [0.29, 0.717) is 5.82 Å². The second kappa shape index (κ2) is 7.48. The minimum absolute atomic E-state index is 0.707. The van der Waals surface area contributed by atoms with E-state index in [1.807, 2.05) is 30.6 Å². The summed E-state index contributed by atoms with van der Waals surface area (Å²) in [5, 5.41) is 11.5. The van der Waals surface area contributed by atoms with Crippen LogP contribution in [-0.4, -0.2) is 24.7 Å². The Hall–Kier alpha value is -3.93. The molecular formula is C24H22N6. The first-order valence-electron chi connectivity index (χ1n) is 10.0. The minimum Gasteiger partial charge on any atom is -0.345 e. The summed E-state index contributed by atoms with van der Waals surface area (Å²) in [6, 6.07) is 18.7. The van der Waals surface area contributed by atoms with Crippen molar-refractivity contribution < 1.29 is 0 Å². The third-order valence-electron chi connectivity index (χ3n) is 5.33. The lowest BCUT2D eigenvalue weighted by Gasteiger charge is -2.09. The Kier molecular flexibility index (Phi) is 4.52. The highest BCUT2D eigenvalue weighted by atomic mass is 15.1. The second-order valence-corrected chi connectivity index (χ2v) is 7.26. The van der Waals surface area contributed by atoms with E-state index < -0.39 is 0 Å². The number of aryl methyl sites for hydroxylation is 2.